The maximum atomic E-state index is 2.60. The Morgan fingerprint density at radius 3 is 2.10 bits per heavy atom. The third-order valence-electron chi connectivity index (χ3n) is 11.0. The van der Waals surface area contributed by atoms with Crippen LogP contribution in [0.3, 0.4) is 0 Å². The summed E-state index contributed by atoms with van der Waals surface area (Å²) in [5.74, 6) is 4.39. The van der Waals surface area contributed by atoms with Gasteiger partial charge in [-0.15, -0.1) is 0 Å². The number of hydrogen-bond donors (Lipinski definition) is 0. The second-order valence-electron chi connectivity index (χ2n) is 14.9. The number of aryl methyl sites for hydroxylation is 1. The minimum Gasteiger partial charge on any atom is -0.0696 e. The van der Waals surface area contributed by atoms with Crippen molar-refractivity contribution in [1.82, 2.24) is 0 Å². The van der Waals surface area contributed by atoms with Crippen molar-refractivity contribution < 1.29 is 0 Å². The van der Waals surface area contributed by atoms with Crippen molar-refractivity contribution in [1.29, 1.82) is 0 Å². The van der Waals surface area contributed by atoms with Crippen LogP contribution in [0.15, 0.2) is 65.8 Å². The van der Waals surface area contributed by atoms with Crippen LogP contribution in [0, 0.1) is 23.7 Å². The first kappa shape index (κ1) is 29.4. The average molecular weight is 537 g/mol. The molecular formula is C40H56. The number of allylic oxidation sites excluding steroid dienone is 4. The molecule has 0 saturated heterocycles. The molecule has 0 heterocycles. The lowest BCUT2D eigenvalue weighted by Gasteiger charge is -2.37. The highest BCUT2D eigenvalue weighted by atomic mass is 14.4. The maximum absolute atomic E-state index is 2.60. The number of hydrogen-bond acceptors (Lipinski definition) is 0. The molecule has 40 heavy (non-hydrogen) atoms. The van der Waals surface area contributed by atoms with Gasteiger partial charge in [0.1, 0.15) is 0 Å². The molecule has 1 unspecified atom stereocenters. The summed E-state index contributed by atoms with van der Waals surface area (Å²) in [6.07, 6.45) is 21.1. The smallest absolute Gasteiger partial charge is 0.00610 e. The van der Waals surface area contributed by atoms with Crippen molar-refractivity contribution in [3.63, 3.8) is 0 Å². The zero-order valence-electron chi connectivity index (χ0n) is 26.6. The van der Waals surface area contributed by atoms with Crippen LogP contribution in [-0.2, 0) is 24.7 Å². The minimum atomic E-state index is 0.188. The van der Waals surface area contributed by atoms with Crippen LogP contribution in [0.2, 0.25) is 0 Å². The van der Waals surface area contributed by atoms with Crippen molar-refractivity contribution in [3.8, 4) is 0 Å². The third kappa shape index (κ3) is 7.03. The fourth-order valence-electron chi connectivity index (χ4n) is 8.32. The quantitative estimate of drug-likeness (QED) is 0.330. The van der Waals surface area contributed by atoms with Crippen molar-refractivity contribution >= 4 is 0 Å². The summed E-state index contributed by atoms with van der Waals surface area (Å²) < 4.78 is 0. The Balaban J connectivity index is 1.22. The first-order valence-electron chi connectivity index (χ1n) is 16.8. The molecule has 1 atom stereocenters. The largest absolute Gasteiger partial charge is 0.0696 e. The molecular weight excluding hydrogens is 480 g/mol. The molecule has 2 aromatic rings. The van der Waals surface area contributed by atoms with E-state index in [0.717, 1.165) is 42.9 Å². The van der Waals surface area contributed by atoms with Gasteiger partial charge in [0, 0.05) is 0 Å². The van der Waals surface area contributed by atoms with Crippen LogP contribution in [0.5, 0.6) is 0 Å². The van der Waals surface area contributed by atoms with Gasteiger partial charge in [0.2, 0.25) is 0 Å². The van der Waals surface area contributed by atoms with E-state index in [4.69, 9.17) is 0 Å². The Hall–Kier alpha value is -2.08. The van der Waals surface area contributed by atoms with Crippen LogP contribution >= 0.6 is 0 Å². The Bertz CT molecular complexity index is 1180. The van der Waals surface area contributed by atoms with E-state index in [0.29, 0.717) is 5.92 Å². The summed E-state index contributed by atoms with van der Waals surface area (Å²) in [5, 5.41) is 0. The zero-order valence-corrected chi connectivity index (χ0v) is 26.6. The Kier molecular flexibility index (Phi) is 9.44. The summed E-state index contributed by atoms with van der Waals surface area (Å²) in [5.41, 5.74) is 11.1. The van der Waals surface area contributed by atoms with E-state index in [1.807, 2.05) is 0 Å². The van der Waals surface area contributed by atoms with E-state index >= 15 is 0 Å². The van der Waals surface area contributed by atoms with Crippen molar-refractivity contribution in [2.24, 2.45) is 23.7 Å². The zero-order chi connectivity index (χ0) is 28.3. The molecule has 0 N–H and O–H groups in total. The summed E-state index contributed by atoms with van der Waals surface area (Å²) in [4.78, 5) is 0. The van der Waals surface area contributed by atoms with Gasteiger partial charge in [0.05, 0.1) is 0 Å². The lowest BCUT2D eigenvalue weighted by Crippen LogP contribution is -2.24. The van der Waals surface area contributed by atoms with Gasteiger partial charge in [0.25, 0.3) is 0 Å². The van der Waals surface area contributed by atoms with Gasteiger partial charge < -0.3 is 0 Å². The van der Waals surface area contributed by atoms with Gasteiger partial charge >= 0.3 is 0 Å². The van der Waals surface area contributed by atoms with Gasteiger partial charge in [0.15, 0.2) is 0 Å². The second-order valence-corrected chi connectivity index (χ2v) is 14.9. The molecule has 0 heteroatoms. The molecule has 2 aromatic carbocycles. The first-order chi connectivity index (χ1) is 19.2. The molecule has 3 aliphatic carbocycles. The van der Waals surface area contributed by atoms with Crippen molar-refractivity contribution in [2.45, 2.75) is 130 Å². The van der Waals surface area contributed by atoms with E-state index in [9.17, 15) is 0 Å². The molecule has 0 amide bonds. The molecule has 5 rings (SSSR count). The Morgan fingerprint density at radius 1 is 0.750 bits per heavy atom. The molecule has 0 bridgehead atoms. The Morgan fingerprint density at radius 2 is 1.43 bits per heavy atom. The SMILES string of the molecule is CCc1cc(C2CCC(C3CCC(C)CC3)CC2)ccc1CC1=CC=C(C)C(Cc2ccccc2C(C)(C)C)C1. The van der Waals surface area contributed by atoms with Crippen LogP contribution in [-0.4, -0.2) is 0 Å². The van der Waals surface area contributed by atoms with Crippen LogP contribution in [0.4, 0.5) is 0 Å². The van der Waals surface area contributed by atoms with Gasteiger partial charge in [-0.1, -0.05) is 113 Å². The standard InChI is InChI=1S/C40H56/c1-7-31-26-36(34-20-18-33(19-21-34)32-16-12-28(2)13-17-32)23-22-35(31)24-30-15-14-29(3)38(25-30)27-37-10-8-9-11-39(37)40(4,5)6/h8-11,14-15,22-23,26,28,32-34,38H,7,12-13,16-21,24-25,27H2,1-6H3. The summed E-state index contributed by atoms with van der Waals surface area (Å²) in [6.45, 7) is 14.2. The van der Waals surface area contributed by atoms with E-state index in [1.165, 1.54) is 74.5 Å². The highest BCUT2D eigenvalue weighted by Gasteiger charge is 2.30. The second kappa shape index (κ2) is 12.8. The molecule has 0 aromatic heterocycles. The maximum Gasteiger partial charge on any atom is -0.00610 e. The molecule has 3 aliphatic rings. The molecule has 0 nitrogen and oxygen atoms in total. The van der Waals surface area contributed by atoms with Gasteiger partial charge in [-0.05, 0) is 134 Å². The van der Waals surface area contributed by atoms with Crippen LogP contribution in [0.25, 0.3) is 0 Å². The third-order valence-corrected chi connectivity index (χ3v) is 11.0. The molecule has 2 fully saturated rings. The number of benzene rings is 2. The number of rotatable bonds is 7. The van der Waals surface area contributed by atoms with E-state index < -0.39 is 0 Å². The highest BCUT2D eigenvalue weighted by Crippen LogP contribution is 2.44. The first-order valence-corrected chi connectivity index (χ1v) is 16.8. The summed E-state index contributed by atoms with van der Waals surface area (Å²) >= 11 is 0. The molecule has 0 spiro atoms. The fraction of sp³-hybridized carbons (Fsp3) is 0.600. The molecule has 0 aliphatic heterocycles. The highest BCUT2D eigenvalue weighted by molar-refractivity contribution is 5.40. The van der Waals surface area contributed by atoms with Crippen LogP contribution < -0.4 is 0 Å². The normalized spacial score (nSPS) is 27.7. The lowest BCUT2D eigenvalue weighted by molar-refractivity contribution is 0.165. The predicted molar refractivity (Wildman–Crippen MR) is 174 cm³/mol. The lowest BCUT2D eigenvalue weighted by atomic mass is 9.68. The van der Waals surface area contributed by atoms with Gasteiger partial charge in [-0.3, -0.25) is 0 Å². The predicted octanol–water partition coefficient (Wildman–Crippen LogP) is 11.3. The molecule has 0 radical (unpaired) electrons. The topological polar surface area (TPSA) is 0 Å². The molecule has 2 saturated carbocycles. The van der Waals surface area contributed by atoms with E-state index in [2.05, 4.69) is 96.2 Å². The van der Waals surface area contributed by atoms with E-state index in [1.54, 1.807) is 22.3 Å². The van der Waals surface area contributed by atoms with Gasteiger partial charge in [-0.25, -0.2) is 0 Å². The van der Waals surface area contributed by atoms with Crippen molar-refractivity contribution in [3.05, 3.63) is 93.6 Å². The monoisotopic (exact) mass is 536 g/mol. The average Bonchev–Trinajstić information content (AvgIpc) is 2.95. The van der Waals surface area contributed by atoms with E-state index in [-0.39, 0.29) is 5.41 Å². The van der Waals surface area contributed by atoms with Crippen LogP contribution in [0.1, 0.15) is 133 Å². The van der Waals surface area contributed by atoms with Gasteiger partial charge in [-0.2, -0.15) is 0 Å². The summed E-state index contributed by atoms with van der Waals surface area (Å²) in [6, 6.07) is 16.7. The Labute approximate surface area is 246 Å². The fourth-order valence-corrected chi connectivity index (χ4v) is 8.32. The minimum absolute atomic E-state index is 0.188. The summed E-state index contributed by atoms with van der Waals surface area (Å²) in [7, 11) is 0. The van der Waals surface area contributed by atoms with Crippen molar-refractivity contribution in [2.75, 3.05) is 0 Å². The molecule has 216 valence electrons.